The van der Waals surface area contributed by atoms with Gasteiger partial charge in [-0.05, 0) is 94.0 Å². The van der Waals surface area contributed by atoms with Gasteiger partial charge in [0.2, 0.25) is 0 Å². The number of ether oxygens (including phenoxy) is 2. The molecule has 4 N–H and O–H groups in total. The molecular weight excluding hydrogens is 745 g/mol. The number of nitrogens with zero attached hydrogens (tertiary/aromatic N) is 3. The lowest BCUT2D eigenvalue weighted by molar-refractivity contribution is -0.192. The Bertz CT molecular complexity index is 2130. The number of likely N-dealkylation sites (tertiary alicyclic amines) is 1. The molecule has 296 valence electrons. The van der Waals surface area contributed by atoms with Crippen molar-refractivity contribution in [2.45, 2.75) is 75.5 Å². The fraction of sp³-hybridized carbons (Fsp3) is 0.368. The van der Waals surface area contributed by atoms with Crippen molar-refractivity contribution in [1.82, 2.24) is 9.88 Å². The summed E-state index contributed by atoms with van der Waals surface area (Å²) in [5, 5.41) is 19.8. The molecule has 1 fully saturated rings. The van der Waals surface area contributed by atoms with E-state index < -0.39 is 57.1 Å². The highest BCUT2D eigenvalue weighted by Crippen LogP contribution is 2.44. The van der Waals surface area contributed by atoms with Gasteiger partial charge in [-0.1, -0.05) is 30.3 Å². The summed E-state index contributed by atoms with van der Waals surface area (Å²) in [6, 6.07) is 16.6. The normalized spacial score (nSPS) is 16.4. The first-order valence-corrected chi connectivity index (χ1v) is 18.8. The van der Waals surface area contributed by atoms with Crippen LogP contribution in [0.1, 0.15) is 64.3 Å². The maximum absolute atomic E-state index is 15.0. The van der Waals surface area contributed by atoms with E-state index in [1.165, 1.54) is 16.0 Å². The number of aromatic nitrogens is 1. The molecule has 55 heavy (non-hydrogen) atoms. The van der Waals surface area contributed by atoms with Crippen molar-refractivity contribution in [2.75, 3.05) is 18.2 Å². The van der Waals surface area contributed by atoms with E-state index in [1.54, 1.807) is 68.7 Å². The fourth-order valence-electron chi connectivity index (χ4n) is 6.19. The third-order valence-corrected chi connectivity index (χ3v) is 11.0. The van der Waals surface area contributed by atoms with Crippen LogP contribution in [-0.2, 0) is 24.2 Å². The van der Waals surface area contributed by atoms with Crippen molar-refractivity contribution >= 4 is 44.1 Å². The molecule has 3 atom stereocenters. The third-order valence-electron chi connectivity index (χ3n) is 8.79. The van der Waals surface area contributed by atoms with Gasteiger partial charge in [0.25, 0.3) is 5.91 Å². The van der Waals surface area contributed by atoms with Crippen LogP contribution >= 0.6 is 0 Å². The van der Waals surface area contributed by atoms with Gasteiger partial charge in [0, 0.05) is 24.3 Å². The van der Waals surface area contributed by atoms with Crippen molar-refractivity contribution in [3.05, 3.63) is 90.3 Å². The average Bonchev–Trinajstić information content (AvgIpc) is 3.58. The van der Waals surface area contributed by atoms with Crippen molar-refractivity contribution in [1.29, 1.82) is 0 Å². The summed E-state index contributed by atoms with van der Waals surface area (Å²) in [6.07, 6.45) is -1.69. The largest absolute Gasteiger partial charge is 0.490 e. The molecule has 17 heteroatoms. The molecule has 1 aliphatic rings. The molecule has 0 radical (unpaired) electrons. The van der Waals surface area contributed by atoms with Crippen molar-refractivity contribution < 1.29 is 55.7 Å². The smallest absolute Gasteiger partial charge is 0.490 e. The second-order valence-corrected chi connectivity index (χ2v) is 15.6. The van der Waals surface area contributed by atoms with Crippen LogP contribution < -0.4 is 20.3 Å². The number of hydrazine groups is 1. The minimum Gasteiger partial charge on any atom is -0.490 e. The van der Waals surface area contributed by atoms with Gasteiger partial charge in [0.05, 0.1) is 40.5 Å². The number of sulfone groups is 1. The summed E-state index contributed by atoms with van der Waals surface area (Å²) in [5.41, 5.74) is 1.28. The van der Waals surface area contributed by atoms with Gasteiger partial charge < -0.3 is 24.6 Å². The van der Waals surface area contributed by atoms with Crippen LogP contribution in [0.25, 0.3) is 10.8 Å². The third kappa shape index (κ3) is 9.64. The molecule has 0 saturated carbocycles. The number of hydrogen-bond acceptors (Lipinski definition) is 10. The maximum atomic E-state index is 15.0. The minimum atomic E-state index is -5.08. The van der Waals surface area contributed by atoms with Gasteiger partial charge >= 0.3 is 18.1 Å². The Morgan fingerprint density at radius 1 is 0.982 bits per heavy atom. The van der Waals surface area contributed by atoms with Gasteiger partial charge in [0.1, 0.15) is 6.04 Å². The van der Waals surface area contributed by atoms with Crippen LogP contribution in [0.4, 0.5) is 18.9 Å². The number of aliphatic carboxylic acids is 2. The SMILES string of the molecule is CCOc1cc([C@H](C(=O)N2CCC(C(=O)O)C2c2ccccc2S(=O)(=O)C(C)C)N(N)c2ccc3cnccc3c2)ccc1OC(C)C.O=C(O)C(F)(F)F. The second kappa shape index (κ2) is 17.4. The monoisotopic (exact) mass is 788 g/mol. The van der Waals surface area contributed by atoms with E-state index in [4.69, 9.17) is 25.2 Å². The first-order chi connectivity index (χ1) is 25.8. The average molecular weight is 789 g/mol. The van der Waals surface area contributed by atoms with Crippen molar-refractivity contribution in [3.63, 3.8) is 0 Å². The second-order valence-electron chi connectivity index (χ2n) is 13.2. The number of carbonyl (C=O) groups excluding carboxylic acids is 1. The molecule has 1 aromatic heterocycles. The summed E-state index contributed by atoms with van der Waals surface area (Å²) in [6.45, 7) is 9.21. The Labute approximate surface area is 316 Å². The summed E-state index contributed by atoms with van der Waals surface area (Å²) in [5.74, 6) is 2.40. The molecule has 2 heterocycles. The zero-order chi connectivity index (χ0) is 40.8. The van der Waals surface area contributed by atoms with E-state index in [-0.39, 0.29) is 29.5 Å². The molecule has 4 aromatic rings. The first-order valence-electron chi connectivity index (χ1n) is 17.3. The molecule has 1 amide bonds. The number of pyridine rings is 1. The Balaban J connectivity index is 0.000000876. The number of halogens is 3. The number of alkyl halides is 3. The van der Waals surface area contributed by atoms with Crippen LogP contribution in [0.2, 0.25) is 0 Å². The molecule has 0 bridgehead atoms. The fourth-order valence-corrected chi connectivity index (χ4v) is 7.49. The van der Waals surface area contributed by atoms with Crippen LogP contribution in [0, 0.1) is 5.92 Å². The van der Waals surface area contributed by atoms with Crippen molar-refractivity contribution in [3.8, 4) is 11.5 Å². The number of hydrogen-bond donors (Lipinski definition) is 3. The summed E-state index contributed by atoms with van der Waals surface area (Å²) in [4.78, 5) is 42.2. The lowest BCUT2D eigenvalue weighted by Crippen LogP contribution is -2.47. The van der Waals surface area contributed by atoms with Crippen LogP contribution in [0.3, 0.4) is 0 Å². The zero-order valence-electron chi connectivity index (χ0n) is 30.7. The maximum Gasteiger partial charge on any atom is 0.490 e. The molecule has 0 aliphatic carbocycles. The molecule has 1 saturated heterocycles. The van der Waals surface area contributed by atoms with Crippen LogP contribution in [0.15, 0.2) is 84.0 Å². The van der Waals surface area contributed by atoms with E-state index in [0.717, 1.165) is 10.8 Å². The molecule has 2 unspecified atom stereocenters. The summed E-state index contributed by atoms with van der Waals surface area (Å²) < 4.78 is 70.7. The van der Waals surface area contributed by atoms with E-state index >= 15 is 0 Å². The molecule has 5 rings (SSSR count). The quantitative estimate of drug-likeness (QED) is 0.107. The standard InChI is InChI=1S/C36H42N4O7S.C2HF3O2/c1-6-46-31-20-25(12-14-30(31)47-22(2)3)33(40(37)27-13-11-26-21-38-17-15-24(26)19-27)35(41)39-18-16-29(36(42)43)34(39)28-9-7-8-10-32(28)48(44,45)23(4)5;3-2(4,5)1(6)7/h7-15,17,19-23,29,33-34H,6,16,18,37H2,1-5H3,(H,42,43);(H,6,7)/t29?,33-,34?;/m1./s1. The zero-order valence-corrected chi connectivity index (χ0v) is 31.5. The highest BCUT2D eigenvalue weighted by Gasteiger charge is 2.47. The number of benzene rings is 3. The van der Waals surface area contributed by atoms with Crippen LogP contribution in [-0.4, -0.2) is 77.0 Å². The number of amides is 1. The molecular formula is C38H43F3N4O9S. The Morgan fingerprint density at radius 2 is 1.65 bits per heavy atom. The first kappa shape index (κ1) is 42.3. The number of anilines is 1. The topological polar surface area (TPSA) is 190 Å². The van der Waals surface area contributed by atoms with Crippen molar-refractivity contribution in [2.24, 2.45) is 11.8 Å². The van der Waals surface area contributed by atoms with E-state index in [0.29, 0.717) is 29.4 Å². The summed E-state index contributed by atoms with van der Waals surface area (Å²) in [7, 11) is -3.82. The molecule has 0 spiro atoms. The summed E-state index contributed by atoms with van der Waals surface area (Å²) >= 11 is 0. The van der Waals surface area contributed by atoms with E-state index in [1.807, 2.05) is 39.0 Å². The van der Waals surface area contributed by atoms with E-state index in [9.17, 15) is 36.3 Å². The highest BCUT2D eigenvalue weighted by molar-refractivity contribution is 7.92. The number of carboxylic acids is 2. The number of carbonyl (C=O) groups is 3. The van der Waals surface area contributed by atoms with E-state index in [2.05, 4.69) is 4.98 Å². The van der Waals surface area contributed by atoms with Crippen LogP contribution in [0.5, 0.6) is 11.5 Å². The van der Waals surface area contributed by atoms with Gasteiger partial charge in [-0.25, -0.2) is 19.1 Å². The number of rotatable bonds is 12. The number of nitrogens with two attached hydrogens (primary N) is 1. The predicted octanol–water partition coefficient (Wildman–Crippen LogP) is 6.33. The lowest BCUT2D eigenvalue weighted by atomic mass is 9.93. The number of fused-ring (bicyclic) bond motifs is 1. The molecule has 13 nitrogen and oxygen atoms in total. The predicted molar refractivity (Wildman–Crippen MR) is 197 cm³/mol. The lowest BCUT2D eigenvalue weighted by Gasteiger charge is -2.36. The minimum absolute atomic E-state index is 0.00839. The van der Waals surface area contributed by atoms with Gasteiger partial charge in [-0.2, -0.15) is 13.2 Å². The Kier molecular flexibility index (Phi) is 13.4. The molecule has 3 aromatic carbocycles. The number of carboxylic acid groups (broad SMARTS) is 2. The van der Waals surface area contributed by atoms with Gasteiger partial charge in [-0.3, -0.25) is 19.6 Å². The molecule has 1 aliphatic heterocycles. The Hall–Kier alpha value is -5.42. The Morgan fingerprint density at radius 3 is 2.25 bits per heavy atom. The van der Waals surface area contributed by atoms with Gasteiger partial charge in [-0.15, -0.1) is 0 Å². The van der Waals surface area contributed by atoms with Gasteiger partial charge in [0.15, 0.2) is 21.3 Å². The highest BCUT2D eigenvalue weighted by atomic mass is 32.2.